The van der Waals surface area contributed by atoms with Crippen molar-refractivity contribution in [3.63, 3.8) is 0 Å². The predicted molar refractivity (Wildman–Crippen MR) is 64.1 cm³/mol. The van der Waals surface area contributed by atoms with Gasteiger partial charge in [0.15, 0.2) is 10.8 Å². The van der Waals surface area contributed by atoms with Crippen LogP contribution in [0.3, 0.4) is 0 Å². The van der Waals surface area contributed by atoms with Crippen molar-refractivity contribution >= 4 is 27.9 Å². The lowest BCUT2D eigenvalue weighted by molar-refractivity contribution is -0.134. The van der Waals surface area contributed by atoms with Crippen LogP contribution in [0.4, 0.5) is 13.2 Å². The molecule has 3 heterocycles. The first kappa shape index (κ1) is 12.4. The normalized spacial score (nSPS) is 12.2. The van der Waals surface area contributed by atoms with E-state index in [4.69, 9.17) is 11.6 Å². The van der Waals surface area contributed by atoms with Crippen LogP contribution in [-0.4, -0.2) is 19.4 Å². The fraction of sp³-hybridized carbons (Fsp3) is 0.100. The summed E-state index contributed by atoms with van der Waals surface area (Å²) in [4.78, 5) is 11.3. The molecular weight excluding hydrogens is 301 g/mol. The molecule has 0 saturated carbocycles. The SMILES string of the molecule is FC(F)(F)c1cn2c(-c3nccc(Cl)n3)cnc2s1. The molecule has 3 aromatic heterocycles. The maximum Gasteiger partial charge on any atom is 0.427 e. The lowest BCUT2D eigenvalue weighted by Crippen LogP contribution is -2.01. The molecule has 3 rings (SSSR count). The van der Waals surface area contributed by atoms with Gasteiger partial charge in [-0.1, -0.05) is 22.9 Å². The number of fused-ring (bicyclic) bond motifs is 1. The molecule has 98 valence electrons. The van der Waals surface area contributed by atoms with E-state index in [0.717, 1.165) is 6.20 Å². The number of rotatable bonds is 1. The smallest absolute Gasteiger partial charge is 0.287 e. The first-order valence-electron chi connectivity index (χ1n) is 4.98. The summed E-state index contributed by atoms with van der Waals surface area (Å²) < 4.78 is 39.2. The van der Waals surface area contributed by atoms with Crippen LogP contribution < -0.4 is 0 Å². The minimum atomic E-state index is -4.39. The van der Waals surface area contributed by atoms with E-state index in [0.29, 0.717) is 17.0 Å². The van der Waals surface area contributed by atoms with E-state index in [1.165, 1.54) is 22.9 Å². The molecular formula is C10H4ClF3N4S. The molecule has 0 unspecified atom stereocenters. The lowest BCUT2D eigenvalue weighted by Gasteiger charge is -2.00. The van der Waals surface area contributed by atoms with Gasteiger partial charge < -0.3 is 0 Å². The van der Waals surface area contributed by atoms with Gasteiger partial charge in [0.2, 0.25) is 0 Å². The second-order valence-electron chi connectivity index (χ2n) is 3.59. The summed E-state index contributed by atoms with van der Waals surface area (Å²) in [6.45, 7) is 0. The Hall–Kier alpha value is -1.67. The van der Waals surface area contributed by atoms with Crippen LogP contribution in [0.5, 0.6) is 0 Å². The number of halogens is 4. The molecule has 0 atom stereocenters. The Balaban J connectivity index is 2.17. The summed E-state index contributed by atoms with van der Waals surface area (Å²) in [5, 5.41) is 0.214. The molecule has 4 nitrogen and oxygen atoms in total. The highest BCUT2D eigenvalue weighted by atomic mass is 35.5. The van der Waals surface area contributed by atoms with Gasteiger partial charge in [0.05, 0.1) is 6.20 Å². The summed E-state index contributed by atoms with van der Waals surface area (Å²) in [7, 11) is 0. The Morgan fingerprint density at radius 2 is 2.05 bits per heavy atom. The van der Waals surface area contributed by atoms with Gasteiger partial charge in [-0.25, -0.2) is 15.0 Å². The second kappa shape index (κ2) is 4.17. The van der Waals surface area contributed by atoms with Gasteiger partial charge in [0.25, 0.3) is 0 Å². The zero-order chi connectivity index (χ0) is 13.6. The minimum absolute atomic E-state index is 0.214. The molecule has 0 fully saturated rings. The third kappa shape index (κ3) is 2.17. The van der Waals surface area contributed by atoms with Crippen molar-refractivity contribution in [3.05, 3.63) is 34.7 Å². The first-order valence-corrected chi connectivity index (χ1v) is 6.17. The van der Waals surface area contributed by atoms with Crippen molar-refractivity contribution in [1.82, 2.24) is 19.4 Å². The Bertz CT molecular complexity index is 749. The Morgan fingerprint density at radius 3 is 2.74 bits per heavy atom. The van der Waals surface area contributed by atoms with Gasteiger partial charge in [0.1, 0.15) is 15.7 Å². The number of thiazole rings is 1. The molecule has 9 heteroatoms. The fourth-order valence-corrected chi connectivity index (χ4v) is 2.50. The Kier molecular flexibility index (Phi) is 2.72. The molecule has 0 radical (unpaired) electrons. The second-order valence-corrected chi connectivity index (χ2v) is 4.99. The van der Waals surface area contributed by atoms with Crippen molar-refractivity contribution in [2.45, 2.75) is 6.18 Å². The van der Waals surface area contributed by atoms with Gasteiger partial charge in [-0.3, -0.25) is 4.40 Å². The van der Waals surface area contributed by atoms with Crippen molar-refractivity contribution < 1.29 is 13.2 Å². The molecule has 0 aromatic carbocycles. The van der Waals surface area contributed by atoms with Crippen LogP contribution in [0.1, 0.15) is 4.88 Å². The van der Waals surface area contributed by atoms with Gasteiger partial charge >= 0.3 is 6.18 Å². The minimum Gasteiger partial charge on any atom is -0.287 e. The maximum absolute atomic E-state index is 12.6. The number of alkyl halides is 3. The first-order chi connectivity index (χ1) is 8.95. The molecule has 0 aliphatic rings. The molecule has 0 aliphatic heterocycles. The standard InChI is InChI=1S/C10H4ClF3N4S/c11-7-1-2-15-8(17-7)5-3-16-9-18(5)4-6(19-9)10(12,13)14/h1-4H. The van der Waals surface area contributed by atoms with Crippen molar-refractivity contribution in [3.8, 4) is 11.5 Å². The highest BCUT2D eigenvalue weighted by Gasteiger charge is 2.34. The monoisotopic (exact) mass is 304 g/mol. The number of imidazole rings is 1. The largest absolute Gasteiger partial charge is 0.427 e. The summed E-state index contributed by atoms with van der Waals surface area (Å²) in [5.74, 6) is 0.228. The molecule has 0 amide bonds. The molecule has 0 aliphatic carbocycles. The van der Waals surface area contributed by atoms with Crippen molar-refractivity contribution in [2.75, 3.05) is 0 Å². The van der Waals surface area contributed by atoms with E-state index < -0.39 is 11.1 Å². The van der Waals surface area contributed by atoms with Crippen LogP contribution in [0.25, 0.3) is 16.5 Å². The van der Waals surface area contributed by atoms with Crippen molar-refractivity contribution in [1.29, 1.82) is 0 Å². The fourth-order valence-electron chi connectivity index (χ4n) is 1.54. The average molecular weight is 305 g/mol. The maximum atomic E-state index is 12.6. The van der Waals surface area contributed by atoms with Crippen LogP contribution in [0.2, 0.25) is 5.15 Å². The van der Waals surface area contributed by atoms with Gasteiger partial charge in [0, 0.05) is 12.4 Å². The molecule has 0 bridgehead atoms. The molecule has 0 spiro atoms. The summed E-state index contributed by atoms with van der Waals surface area (Å²) in [6.07, 6.45) is -0.566. The summed E-state index contributed by atoms with van der Waals surface area (Å²) in [5.41, 5.74) is 0.365. The number of aromatic nitrogens is 4. The van der Waals surface area contributed by atoms with E-state index >= 15 is 0 Å². The van der Waals surface area contributed by atoms with E-state index in [2.05, 4.69) is 15.0 Å². The molecule has 0 saturated heterocycles. The predicted octanol–water partition coefficient (Wildman–Crippen LogP) is 3.53. The van der Waals surface area contributed by atoms with E-state index in [-0.39, 0.29) is 15.9 Å². The number of hydrogen-bond donors (Lipinski definition) is 0. The van der Waals surface area contributed by atoms with E-state index in [9.17, 15) is 13.2 Å². The van der Waals surface area contributed by atoms with Gasteiger partial charge in [-0.05, 0) is 6.07 Å². The topological polar surface area (TPSA) is 43.1 Å². The van der Waals surface area contributed by atoms with E-state index in [1.54, 1.807) is 0 Å². The quantitative estimate of drug-likeness (QED) is 0.646. The van der Waals surface area contributed by atoms with Gasteiger partial charge in [-0.15, -0.1) is 0 Å². The zero-order valence-electron chi connectivity index (χ0n) is 9.02. The van der Waals surface area contributed by atoms with Crippen LogP contribution >= 0.6 is 22.9 Å². The van der Waals surface area contributed by atoms with Crippen molar-refractivity contribution in [2.24, 2.45) is 0 Å². The van der Waals surface area contributed by atoms with Crippen LogP contribution in [0, 0.1) is 0 Å². The molecule has 19 heavy (non-hydrogen) atoms. The number of nitrogens with zero attached hydrogens (tertiary/aromatic N) is 4. The third-order valence-corrected chi connectivity index (χ3v) is 3.59. The highest BCUT2D eigenvalue weighted by molar-refractivity contribution is 7.17. The zero-order valence-corrected chi connectivity index (χ0v) is 10.6. The van der Waals surface area contributed by atoms with E-state index in [1.807, 2.05) is 0 Å². The summed E-state index contributed by atoms with van der Waals surface area (Å²) in [6, 6.07) is 1.48. The van der Waals surface area contributed by atoms with Gasteiger partial charge in [-0.2, -0.15) is 13.2 Å². The Labute approximate surface area is 113 Å². The highest BCUT2D eigenvalue weighted by Crippen LogP contribution is 2.35. The molecule has 0 N–H and O–H groups in total. The average Bonchev–Trinajstić information content (AvgIpc) is 2.86. The summed E-state index contributed by atoms with van der Waals surface area (Å²) >= 11 is 6.29. The lowest BCUT2D eigenvalue weighted by atomic mass is 10.4. The molecule has 3 aromatic rings. The third-order valence-electron chi connectivity index (χ3n) is 2.34. The van der Waals surface area contributed by atoms with Crippen LogP contribution in [-0.2, 0) is 6.18 Å². The van der Waals surface area contributed by atoms with Crippen LogP contribution in [0.15, 0.2) is 24.7 Å². The Morgan fingerprint density at radius 1 is 1.26 bits per heavy atom. The number of hydrogen-bond acceptors (Lipinski definition) is 4.